The fourth-order valence-electron chi connectivity index (χ4n) is 3.98. The summed E-state index contributed by atoms with van der Waals surface area (Å²) in [6.45, 7) is -2.62. The van der Waals surface area contributed by atoms with Crippen LogP contribution in [0.5, 0.6) is 5.75 Å². The highest BCUT2D eigenvalue weighted by molar-refractivity contribution is 6.09. The second-order valence-electron chi connectivity index (χ2n) is 7.88. The summed E-state index contributed by atoms with van der Waals surface area (Å²) in [6.07, 6.45) is 3.00. The zero-order chi connectivity index (χ0) is 24.2. The van der Waals surface area contributed by atoms with E-state index in [9.17, 15) is 32.8 Å². The lowest BCUT2D eigenvalue weighted by molar-refractivity contribution is -0.151. The van der Waals surface area contributed by atoms with Gasteiger partial charge in [0.05, 0.1) is 0 Å². The van der Waals surface area contributed by atoms with Crippen LogP contribution in [0.1, 0.15) is 43.0 Å². The molecule has 1 heterocycles. The van der Waals surface area contributed by atoms with Gasteiger partial charge >= 0.3 is 18.6 Å². The van der Waals surface area contributed by atoms with E-state index in [2.05, 4.69) is 10.1 Å². The quantitative estimate of drug-likeness (QED) is 0.460. The second-order valence-corrected chi connectivity index (χ2v) is 7.88. The summed E-state index contributed by atoms with van der Waals surface area (Å²) in [7, 11) is 0. The van der Waals surface area contributed by atoms with E-state index in [1.165, 1.54) is 12.1 Å². The number of hydrogen-bond donors (Lipinski definition) is 2. The van der Waals surface area contributed by atoms with Crippen molar-refractivity contribution in [3.05, 3.63) is 29.8 Å². The number of amides is 5. The number of hydrogen-bond acceptors (Lipinski definition) is 7. The molecule has 12 heteroatoms. The molecule has 178 valence electrons. The Morgan fingerprint density at radius 1 is 1.21 bits per heavy atom. The molecular formula is C21H23F2N3O7. The number of ether oxygens (including phenoxy) is 2. The number of carbonyl (C=O) groups excluding carboxylic acids is 5. The Bertz CT molecular complexity index is 954. The fourth-order valence-corrected chi connectivity index (χ4v) is 3.98. The van der Waals surface area contributed by atoms with Gasteiger partial charge < -0.3 is 14.8 Å². The molecule has 0 radical (unpaired) electrons. The molecule has 1 aromatic carbocycles. The lowest BCUT2D eigenvalue weighted by atomic mass is 9.73. The van der Waals surface area contributed by atoms with Crippen molar-refractivity contribution in [1.82, 2.24) is 15.5 Å². The van der Waals surface area contributed by atoms with Crippen LogP contribution < -0.4 is 15.4 Å². The number of alkyl halides is 2. The largest absolute Gasteiger partial charge is 0.454 e. The molecule has 2 aliphatic rings. The predicted molar refractivity (Wildman–Crippen MR) is 107 cm³/mol. The summed E-state index contributed by atoms with van der Waals surface area (Å²) >= 11 is 0. The van der Waals surface area contributed by atoms with Gasteiger partial charge in [-0.05, 0) is 43.0 Å². The van der Waals surface area contributed by atoms with Gasteiger partial charge in [0.25, 0.3) is 17.7 Å². The van der Waals surface area contributed by atoms with Gasteiger partial charge in [0, 0.05) is 5.56 Å². The van der Waals surface area contributed by atoms with Crippen LogP contribution in [0.4, 0.5) is 13.6 Å². The molecule has 0 aromatic heterocycles. The monoisotopic (exact) mass is 467 g/mol. The smallest absolute Gasteiger partial charge is 0.387 e. The maximum atomic E-state index is 12.8. The van der Waals surface area contributed by atoms with Crippen LogP contribution in [0.2, 0.25) is 0 Å². The molecule has 33 heavy (non-hydrogen) atoms. The molecular weight excluding hydrogens is 444 g/mol. The van der Waals surface area contributed by atoms with E-state index in [4.69, 9.17) is 4.74 Å². The highest BCUT2D eigenvalue weighted by atomic mass is 19.3. The number of nitrogens with one attached hydrogen (secondary N) is 2. The van der Waals surface area contributed by atoms with Gasteiger partial charge in [0.15, 0.2) is 6.61 Å². The number of carbonyl (C=O) groups is 5. The molecule has 1 saturated carbocycles. The minimum Gasteiger partial charge on any atom is -0.454 e. The Kier molecular flexibility index (Phi) is 7.24. The first-order chi connectivity index (χ1) is 15.6. The average molecular weight is 467 g/mol. The van der Waals surface area contributed by atoms with Crippen LogP contribution in [0, 0.1) is 5.92 Å². The summed E-state index contributed by atoms with van der Waals surface area (Å²) in [5, 5.41) is 4.67. The average Bonchev–Trinajstić information content (AvgIpc) is 2.99. The maximum absolute atomic E-state index is 12.8. The summed E-state index contributed by atoms with van der Waals surface area (Å²) in [4.78, 5) is 61.9. The molecule has 1 spiro atoms. The standard InChI is InChI=1S/C21H23F2N3O7/c1-12-4-2-3-9-21(12)18(30)26(20(31)25-21)10-16(28)32-11-15(27)24-17(29)13-5-7-14(8-6-13)33-19(22)23/h5-8,12,19H,2-4,9-11H2,1H3,(H,25,31)(H,24,27,29)/t12-,21-/m1/s1. The van der Waals surface area contributed by atoms with Crippen LogP contribution >= 0.6 is 0 Å². The Hall–Kier alpha value is -3.57. The molecule has 2 fully saturated rings. The Labute approximate surface area is 187 Å². The highest BCUT2D eigenvalue weighted by Crippen LogP contribution is 2.38. The van der Waals surface area contributed by atoms with Gasteiger partial charge in [-0.15, -0.1) is 0 Å². The Morgan fingerprint density at radius 3 is 2.55 bits per heavy atom. The summed E-state index contributed by atoms with van der Waals surface area (Å²) in [5.41, 5.74) is -1.03. The molecule has 0 unspecified atom stereocenters. The lowest BCUT2D eigenvalue weighted by Crippen LogP contribution is -2.54. The van der Waals surface area contributed by atoms with Crippen molar-refractivity contribution in [2.45, 2.75) is 44.8 Å². The van der Waals surface area contributed by atoms with Crippen molar-refractivity contribution >= 4 is 29.7 Å². The van der Waals surface area contributed by atoms with Crippen molar-refractivity contribution in [3.8, 4) is 5.75 Å². The third kappa shape index (κ3) is 5.44. The number of benzene rings is 1. The van der Waals surface area contributed by atoms with Crippen molar-refractivity contribution in [3.63, 3.8) is 0 Å². The number of halogens is 2. The number of rotatable bonds is 7. The van der Waals surface area contributed by atoms with Crippen LogP contribution in [0.15, 0.2) is 24.3 Å². The zero-order valence-corrected chi connectivity index (χ0v) is 17.8. The van der Waals surface area contributed by atoms with E-state index >= 15 is 0 Å². The van der Waals surface area contributed by atoms with E-state index in [1.807, 2.05) is 12.2 Å². The van der Waals surface area contributed by atoms with E-state index < -0.39 is 55.0 Å². The zero-order valence-electron chi connectivity index (χ0n) is 17.8. The maximum Gasteiger partial charge on any atom is 0.387 e. The first-order valence-electron chi connectivity index (χ1n) is 10.3. The Morgan fingerprint density at radius 2 is 1.91 bits per heavy atom. The molecule has 0 bridgehead atoms. The lowest BCUT2D eigenvalue weighted by Gasteiger charge is -2.36. The number of esters is 1. The Balaban J connectivity index is 1.47. The predicted octanol–water partition coefficient (Wildman–Crippen LogP) is 1.59. The minimum atomic E-state index is -3.01. The third-order valence-electron chi connectivity index (χ3n) is 5.75. The van der Waals surface area contributed by atoms with Gasteiger partial charge in [-0.2, -0.15) is 8.78 Å². The number of nitrogens with zero attached hydrogens (tertiary/aromatic N) is 1. The minimum absolute atomic E-state index is 0.0115. The van der Waals surface area contributed by atoms with Gasteiger partial charge in [-0.3, -0.25) is 29.4 Å². The van der Waals surface area contributed by atoms with Crippen LogP contribution in [-0.2, 0) is 19.1 Å². The second kappa shape index (κ2) is 9.92. The fraction of sp³-hybridized carbons (Fsp3) is 0.476. The van der Waals surface area contributed by atoms with Crippen molar-refractivity contribution in [2.24, 2.45) is 5.92 Å². The molecule has 1 aliphatic heterocycles. The molecule has 1 saturated heterocycles. The summed E-state index contributed by atoms with van der Waals surface area (Å²) in [6, 6.07) is 3.91. The van der Waals surface area contributed by atoms with Crippen molar-refractivity contribution in [1.29, 1.82) is 0 Å². The van der Waals surface area contributed by atoms with Gasteiger partial charge in [0.2, 0.25) is 0 Å². The molecule has 3 rings (SSSR count). The van der Waals surface area contributed by atoms with E-state index in [0.29, 0.717) is 6.42 Å². The van der Waals surface area contributed by atoms with E-state index in [-0.39, 0.29) is 17.2 Å². The molecule has 2 atom stereocenters. The van der Waals surface area contributed by atoms with Gasteiger partial charge in [-0.25, -0.2) is 4.79 Å². The summed E-state index contributed by atoms with van der Waals surface area (Å²) in [5.74, 6) is -3.51. The number of urea groups is 1. The number of imide groups is 2. The van der Waals surface area contributed by atoms with Crippen LogP contribution in [0.25, 0.3) is 0 Å². The SMILES string of the molecule is C[C@@H]1CCCC[C@@]12NC(=O)N(CC(=O)OCC(=O)NC(=O)c1ccc(OC(F)F)cc1)C2=O. The first-order valence-corrected chi connectivity index (χ1v) is 10.3. The van der Waals surface area contributed by atoms with Crippen molar-refractivity contribution in [2.75, 3.05) is 13.2 Å². The van der Waals surface area contributed by atoms with E-state index in [0.717, 1.165) is 36.3 Å². The molecule has 10 nitrogen and oxygen atoms in total. The molecule has 5 amide bonds. The molecule has 1 aliphatic carbocycles. The van der Waals surface area contributed by atoms with Crippen LogP contribution in [-0.4, -0.2) is 59.9 Å². The third-order valence-corrected chi connectivity index (χ3v) is 5.75. The molecule has 2 N–H and O–H groups in total. The topological polar surface area (TPSA) is 131 Å². The summed E-state index contributed by atoms with van der Waals surface area (Å²) < 4.78 is 33.2. The first kappa shape index (κ1) is 24.1. The van der Waals surface area contributed by atoms with Gasteiger partial charge in [0.1, 0.15) is 17.8 Å². The normalized spacial score (nSPS) is 22.3. The van der Waals surface area contributed by atoms with Crippen LogP contribution in [0.3, 0.4) is 0 Å². The van der Waals surface area contributed by atoms with E-state index in [1.54, 1.807) is 0 Å². The molecule has 1 aromatic rings. The van der Waals surface area contributed by atoms with Gasteiger partial charge in [-0.1, -0.05) is 19.8 Å². The highest BCUT2D eigenvalue weighted by Gasteiger charge is 2.55. The van der Waals surface area contributed by atoms with Crippen molar-refractivity contribution < 1.29 is 42.2 Å².